The summed E-state index contributed by atoms with van der Waals surface area (Å²) >= 11 is 11.9. The van der Waals surface area contributed by atoms with Crippen LogP contribution in [0.5, 0.6) is 0 Å². The first-order chi connectivity index (χ1) is 10.9. The molecule has 0 radical (unpaired) electrons. The van der Waals surface area contributed by atoms with Crippen LogP contribution in [0.15, 0.2) is 42.0 Å². The van der Waals surface area contributed by atoms with Gasteiger partial charge >= 0.3 is 0 Å². The van der Waals surface area contributed by atoms with Crippen molar-refractivity contribution in [2.75, 3.05) is 5.32 Å². The van der Waals surface area contributed by atoms with E-state index in [1.807, 2.05) is 32.0 Å². The topological polar surface area (TPSA) is 52.9 Å². The normalized spacial score (nSPS) is 11.0. The summed E-state index contributed by atoms with van der Waals surface area (Å²) in [6.45, 7) is 3.95. The lowest BCUT2D eigenvalue weighted by Gasteiger charge is -2.07. The van der Waals surface area contributed by atoms with Crippen LogP contribution in [0.25, 0.3) is 6.08 Å². The van der Waals surface area contributed by atoms with Gasteiger partial charge in [0.15, 0.2) is 0 Å². The van der Waals surface area contributed by atoms with Gasteiger partial charge in [-0.2, -0.15) is 5.26 Å². The van der Waals surface area contributed by atoms with Gasteiger partial charge in [-0.25, -0.2) is 0 Å². The summed E-state index contributed by atoms with van der Waals surface area (Å²) in [5.74, 6) is -0.484. The van der Waals surface area contributed by atoms with E-state index in [1.165, 1.54) is 6.08 Å². The van der Waals surface area contributed by atoms with Gasteiger partial charge in [0.05, 0.1) is 0 Å². The number of amides is 1. The van der Waals surface area contributed by atoms with E-state index in [4.69, 9.17) is 23.2 Å². The minimum Gasteiger partial charge on any atom is -0.321 e. The van der Waals surface area contributed by atoms with E-state index >= 15 is 0 Å². The van der Waals surface area contributed by atoms with Crippen molar-refractivity contribution in [3.8, 4) is 6.07 Å². The molecule has 2 aromatic carbocycles. The first-order valence-corrected chi connectivity index (χ1v) is 7.62. The van der Waals surface area contributed by atoms with E-state index in [9.17, 15) is 10.1 Å². The second kappa shape index (κ2) is 7.32. The predicted octanol–water partition coefficient (Wildman–Crippen LogP) is 5.16. The average molecular weight is 345 g/mol. The number of carbonyl (C=O) groups excluding carboxylic acids is 1. The number of halogens is 2. The molecule has 0 saturated heterocycles. The number of nitrogens with one attached hydrogen (secondary N) is 1. The fourth-order valence-electron chi connectivity index (χ4n) is 1.94. The second-order valence-electron chi connectivity index (χ2n) is 5.09. The number of rotatable bonds is 3. The van der Waals surface area contributed by atoms with E-state index in [0.717, 1.165) is 11.1 Å². The molecule has 1 amide bonds. The Bertz CT molecular complexity index is 835. The Kier molecular flexibility index (Phi) is 5.44. The van der Waals surface area contributed by atoms with E-state index in [0.29, 0.717) is 21.3 Å². The summed E-state index contributed by atoms with van der Waals surface area (Å²) in [7, 11) is 0. The molecule has 0 aromatic heterocycles. The maximum atomic E-state index is 12.3. The molecular formula is C18H14Cl2N2O. The van der Waals surface area contributed by atoms with Crippen molar-refractivity contribution in [2.24, 2.45) is 0 Å². The highest BCUT2D eigenvalue weighted by Crippen LogP contribution is 2.23. The molecule has 0 fully saturated rings. The number of nitriles is 1. The monoisotopic (exact) mass is 344 g/mol. The van der Waals surface area contributed by atoms with Gasteiger partial charge in [-0.3, -0.25) is 4.79 Å². The fourth-order valence-corrected chi connectivity index (χ4v) is 2.40. The predicted molar refractivity (Wildman–Crippen MR) is 94.6 cm³/mol. The fraction of sp³-hybridized carbons (Fsp3) is 0.111. The Morgan fingerprint density at radius 1 is 1.13 bits per heavy atom. The Morgan fingerprint density at radius 2 is 1.87 bits per heavy atom. The van der Waals surface area contributed by atoms with E-state index < -0.39 is 5.91 Å². The first kappa shape index (κ1) is 17.1. The van der Waals surface area contributed by atoms with Gasteiger partial charge in [0, 0.05) is 15.7 Å². The van der Waals surface area contributed by atoms with Crippen LogP contribution in [-0.2, 0) is 4.79 Å². The standard InChI is InChI=1S/C18H14Cl2N2O/c1-11-3-6-16(7-12(11)2)22-18(23)14(10-21)8-13-4-5-15(19)9-17(13)20/h3-9H,1-2H3,(H,22,23)/b14-8-. The molecule has 116 valence electrons. The quantitative estimate of drug-likeness (QED) is 0.617. The number of aryl methyl sites for hydroxylation is 2. The molecule has 0 bridgehead atoms. The number of anilines is 1. The van der Waals surface area contributed by atoms with Crippen LogP contribution in [0.3, 0.4) is 0 Å². The zero-order chi connectivity index (χ0) is 17.0. The molecule has 0 heterocycles. The third-order valence-corrected chi connectivity index (χ3v) is 3.95. The van der Waals surface area contributed by atoms with Crippen molar-refractivity contribution in [1.82, 2.24) is 0 Å². The van der Waals surface area contributed by atoms with Crippen molar-refractivity contribution in [3.05, 3.63) is 68.7 Å². The van der Waals surface area contributed by atoms with Crippen LogP contribution in [0.2, 0.25) is 10.0 Å². The zero-order valence-electron chi connectivity index (χ0n) is 12.7. The highest BCUT2D eigenvalue weighted by Gasteiger charge is 2.11. The van der Waals surface area contributed by atoms with Gasteiger partial charge in [-0.1, -0.05) is 35.3 Å². The lowest BCUT2D eigenvalue weighted by atomic mass is 10.1. The second-order valence-corrected chi connectivity index (χ2v) is 5.93. The van der Waals surface area contributed by atoms with E-state index in [1.54, 1.807) is 24.3 Å². The van der Waals surface area contributed by atoms with Gasteiger partial charge in [0.2, 0.25) is 0 Å². The van der Waals surface area contributed by atoms with Crippen LogP contribution in [0.1, 0.15) is 16.7 Å². The van der Waals surface area contributed by atoms with Crippen LogP contribution in [0, 0.1) is 25.2 Å². The van der Waals surface area contributed by atoms with Crippen molar-refractivity contribution in [3.63, 3.8) is 0 Å². The molecule has 23 heavy (non-hydrogen) atoms. The summed E-state index contributed by atoms with van der Waals surface area (Å²) in [5.41, 5.74) is 3.36. The number of nitrogens with zero attached hydrogens (tertiary/aromatic N) is 1. The molecule has 1 N–H and O–H groups in total. The molecule has 0 atom stereocenters. The molecule has 0 unspecified atom stereocenters. The molecule has 5 heteroatoms. The van der Waals surface area contributed by atoms with Crippen molar-refractivity contribution in [1.29, 1.82) is 5.26 Å². The van der Waals surface area contributed by atoms with Gasteiger partial charge in [-0.05, 0) is 60.9 Å². The molecule has 3 nitrogen and oxygen atoms in total. The van der Waals surface area contributed by atoms with Gasteiger partial charge in [-0.15, -0.1) is 0 Å². The Hall–Kier alpha value is -2.28. The number of hydrogen-bond acceptors (Lipinski definition) is 2. The Labute approximate surface area is 145 Å². The van der Waals surface area contributed by atoms with E-state index in [2.05, 4.69) is 5.32 Å². The van der Waals surface area contributed by atoms with Crippen molar-refractivity contribution < 1.29 is 4.79 Å². The number of carbonyl (C=O) groups is 1. The highest BCUT2D eigenvalue weighted by molar-refractivity contribution is 6.35. The summed E-state index contributed by atoms with van der Waals surface area (Å²) < 4.78 is 0. The zero-order valence-corrected chi connectivity index (χ0v) is 14.2. The lowest BCUT2D eigenvalue weighted by molar-refractivity contribution is -0.112. The lowest BCUT2D eigenvalue weighted by Crippen LogP contribution is -2.13. The number of benzene rings is 2. The summed E-state index contributed by atoms with van der Waals surface area (Å²) in [6, 6.07) is 12.3. The molecule has 0 saturated carbocycles. The summed E-state index contributed by atoms with van der Waals surface area (Å²) in [5, 5.41) is 12.8. The van der Waals surface area contributed by atoms with Gasteiger partial charge in [0.1, 0.15) is 11.6 Å². The Morgan fingerprint density at radius 3 is 2.48 bits per heavy atom. The van der Waals surface area contributed by atoms with Crippen molar-refractivity contribution in [2.45, 2.75) is 13.8 Å². The van der Waals surface area contributed by atoms with Crippen LogP contribution >= 0.6 is 23.2 Å². The molecule has 0 aliphatic heterocycles. The Balaban J connectivity index is 2.26. The first-order valence-electron chi connectivity index (χ1n) is 6.86. The minimum atomic E-state index is -0.484. The molecule has 0 aliphatic carbocycles. The number of hydrogen-bond donors (Lipinski definition) is 1. The highest BCUT2D eigenvalue weighted by atomic mass is 35.5. The van der Waals surface area contributed by atoms with Gasteiger partial charge < -0.3 is 5.32 Å². The smallest absolute Gasteiger partial charge is 0.266 e. The van der Waals surface area contributed by atoms with Crippen LogP contribution in [0.4, 0.5) is 5.69 Å². The largest absolute Gasteiger partial charge is 0.321 e. The summed E-state index contributed by atoms with van der Waals surface area (Å²) in [4.78, 5) is 12.3. The molecule has 2 aromatic rings. The summed E-state index contributed by atoms with van der Waals surface area (Å²) in [6.07, 6.45) is 1.44. The SMILES string of the molecule is Cc1ccc(NC(=O)/C(C#N)=C\c2ccc(Cl)cc2Cl)cc1C. The third kappa shape index (κ3) is 4.35. The van der Waals surface area contributed by atoms with Crippen LogP contribution in [-0.4, -0.2) is 5.91 Å². The molecule has 0 aliphatic rings. The maximum absolute atomic E-state index is 12.3. The average Bonchev–Trinajstić information content (AvgIpc) is 2.50. The minimum absolute atomic E-state index is 0.0348. The van der Waals surface area contributed by atoms with E-state index in [-0.39, 0.29) is 5.57 Å². The maximum Gasteiger partial charge on any atom is 0.266 e. The van der Waals surface area contributed by atoms with Gasteiger partial charge in [0.25, 0.3) is 5.91 Å². The molecule has 0 spiro atoms. The molecular weight excluding hydrogens is 331 g/mol. The molecule has 2 rings (SSSR count). The van der Waals surface area contributed by atoms with Crippen LogP contribution < -0.4 is 5.32 Å². The third-order valence-electron chi connectivity index (χ3n) is 3.39. The van der Waals surface area contributed by atoms with Crippen molar-refractivity contribution >= 4 is 40.9 Å².